The second-order valence-electron chi connectivity index (χ2n) is 7.66. The summed E-state index contributed by atoms with van der Waals surface area (Å²) >= 11 is -2.26. The van der Waals surface area contributed by atoms with Crippen LogP contribution in [0.3, 0.4) is 0 Å². The second kappa shape index (κ2) is 9.85. The fourth-order valence-corrected chi connectivity index (χ4v) is 20.0. The average Bonchev–Trinajstić information content (AvgIpc) is 2.61. The fraction of sp³-hybridized carbons (Fsp3) is 0.565. The zero-order valence-corrected chi connectivity index (χ0v) is 19.2. The molecule has 2 aromatic rings. The Morgan fingerprint density at radius 3 is 1.71 bits per heavy atom. The predicted molar refractivity (Wildman–Crippen MR) is 113 cm³/mol. The summed E-state index contributed by atoms with van der Waals surface area (Å²) in [5, 5.41) is 2.88. The van der Waals surface area contributed by atoms with Gasteiger partial charge in [0.25, 0.3) is 0 Å². The molecule has 2 rings (SSSR count). The standard InChI is InChI=1S/C11H9.3C4H9.Sn/c1-9-6-7-10-4-2-3-5-11(10)8-9;3*1-3-4-2;/h3-8H,1H3;3*1,3-4H2,2H3;. The molecule has 0 unspecified atom stereocenters. The van der Waals surface area contributed by atoms with E-state index in [0.29, 0.717) is 0 Å². The normalized spacial score (nSPS) is 12.0. The third-order valence-corrected chi connectivity index (χ3v) is 21.2. The minimum atomic E-state index is -2.26. The fourth-order valence-electron chi connectivity index (χ4n) is 4.05. The van der Waals surface area contributed by atoms with Crippen LogP contribution >= 0.6 is 0 Å². The SMILES string of the molecule is CCC[CH2][Sn]([CH2]CCC)([CH2]CCC)[c]1ccc2cc(C)ccc2c1. The summed E-state index contributed by atoms with van der Waals surface area (Å²) in [6.07, 6.45) is 8.37. The maximum atomic E-state index is 2.59. The van der Waals surface area contributed by atoms with E-state index in [1.54, 1.807) is 16.9 Å². The van der Waals surface area contributed by atoms with Gasteiger partial charge >= 0.3 is 154 Å². The van der Waals surface area contributed by atoms with Crippen molar-refractivity contribution in [1.29, 1.82) is 0 Å². The predicted octanol–water partition coefficient (Wildman–Crippen LogP) is 7.20. The summed E-state index contributed by atoms with van der Waals surface area (Å²) in [4.78, 5) is 0. The molecule has 0 fully saturated rings. The summed E-state index contributed by atoms with van der Waals surface area (Å²) < 4.78 is 6.48. The van der Waals surface area contributed by atoms with Crippen LogP contribution in [0.5, 0.6) is 0 Å². The monoisotopic (exact) mass is 432 g/mol. The van der Waals surface area contributed by atoms with Crippen LogP contribution in [0, 0.1) is 6.92 Å². The third-order valence-electron chi connectivity index (χ3n) is 5.63. The summed E-state index contributed by atoms with van der Waals surface area (Å²) in [5.41, 5.74) is 1.37. The molecule has 24 heavy (non-hydrogen) atoms. The van der Waals surface area contributed by atoms with Crippen molar-refractivity contribution in [1.82, 2.24) is 0 Å². The molecule has 0 atom stereocenters. The van der Waals surface area contributed by atoms with E-state index in [9.17, 15) is 0 Å². The molecule has 132 valence electrons. The van der Waals surface area contributed by atoms with Crippen molar-refractivity contribution in [3.63, 3.8) is 0 Å². The number of unbranched alkanes of at least 4 members (excludes halogenated alkanes) is 3. The number of benzene rings is 2. The van der Waals surface area contributed by atoms with Crippen LogP contribution in [0.1, 0.15) is 64.9 Å². The molecule has 0 aromatic heterocycles. The molecular formula is C23H36Sn. The van der Waals surface area contributed by atoms with Crippen LogP contribution in [0.25, 0.3) is 10.8 Å². The second-order valence-corrected chi connectivity index (χ2v) is 20.9. The molecule has 0 nitrogen and oxygen atoms in total. The van der Waals surface area contributed by atoms with Crippen LogP contribution in [-0.4, -0.2) is 18.4 Å². The first kappa shape index (κ1) is 19.8. The van der Waals surface area contributed by atoms with Gasteiger partial charge in [0.2, 0.25) is 0 Å². The molecular weight excluding hydrogens is 395 g/mol. The zero-order valence-electron chi connectivity index (χ0n) is 16.3. The van der Waals surface area contributed by atoms with Crippen LogP contribution in [0.4, 0.5) is 0 Å². The molecule has 0 bridgehead atoms. The Bertz CT molecular complexity index is 607. The Morgan fingerprint density at radius 1 is 0.667 bits per heavy atom. The minimum absolute atomic E-state index is 1.35. The van der Waals surface area contributed by atoms with E-state index < -0.39 is 18.4 Å². The van der Waals surface area contributed by atoms with Crippen molar-refractivity contribution in [2.45, 2.75) is 79.5 Å². The van der Waals surface area contributed by atoms with Crippen LogP contribution in [0.15, 0.2) is 36.4 Å². The van der Waals surface area contributed by atoms with Crippen molar-refractivity contribution in [3.05, 3.63) is 42.0 Å². The molecule has 0 aliphatic rings. The quantitative estimate of drug-likeness (QED) is 0.349. The molecule has 1 heteroatoms. The van der Waals surface area contributed by atoms with Crippen LogP contribution in [0.2, 0.25) is 13.3 Å². The van der Waals surface area contributed by atoms with E-state index in [4.69, 9.17) is 0 Å². The van der Waals surface area contributed by atoms with Crippen molar-refractivity contribution in [3.8, 4) is 0 Å². The Hall–Kier alpha value is -0.501. The first-order valence-electron chi connectivity index (χ1n) is 10.2. The molecule has 2 aromatic carbocycles. The molecule has 0 heterocycles. The van der Waals surface area contributed by atoms with E-state index in [1.165, 1.54) is 54.9 Å². The first-order valence-corrected chi connectivity index (χ1v) is 17.6. The molecule has 0 aliphatic heterocycles. The van der Waals surface area contributed by atoms with Gasteiger partial charge < -0.3 is 0 Å². The number of aryl methyl sites for hydroxylation is 1. The molecule has 0 radical (unpaired) electrons. The number of rotatable bonds is 10. The Balaban J connectivity index is 2.43. The van der Waals surface area contributed by atoms with Crippen molar-refractivity contribution in [2.24, 2.45) is 0 Å². The van der Waals surface area contributed by atoms with E-state index in [0.717, 1.165) is 0 Å². The molecule has 0 spiro atoms. The zero-order chi connectivity index (χ0) is 17.4. The van der Waals surface area contributed by atoms with Crippen molar-refractivity contribution < 1.29 is 0 Å². The average molecular weight is 431 g/mol. The van der Waals surface area contributed by atoms with Crippen LogP contribution in [-0.2, 0) is 0 Å². The van der Waals surface area contributed by atoms with Gasteiger partial charge in [0.15, 0.2) is 0 Å². The number of hydrogen-bond donors (Lipinski definition) is 0. The number of hydrogen-bond acceptors (Lipinski definition) is 0. The van der Waals surface area contributed by atoms with E-state index in [2.05, 4.69) is 64.1 Å². The molecule has 0 aliphatic carbocycles. The Morgan fingerprint density at radius 2 is 1.17 bits per heavy atom. The van der Waals surface area contributed by atoms with Gasteiger partial charge in [-0.05, 0) is 0 Å². The Kier molecular flexibility index (Phi) is 8.13. The van der Waals surface area contributed by atoms with Gasteiger partial charge in [0, 0.05) is 0 Å². The molecule has 0 saturated carbocycles. The topological polar surface area (TPSA) is 0 Å². The van der Waals surface area contributed by atoms with Gasteiger partial charge in [0.05, 0.1) is 0 Å². The summed E-state index contributed by atoms with van der Waals surface area (Å²) in [6, 6.07) is 14.5. The van der Waals surface area contributed by atoms with E-state index in [-0.39, 0.29) is 0 Å². The van der Waals surface area contributed by atoms with Gasteiger partial charge in [-0.25, -0.2) is 0 Å². The summed E-state index contributed by atoms with van der Waals surface area (Å²) in [7, 11) is 0. The Labute approximate surface area is 153 Å². The van der Waals surface area contributed by atoms with Crippen molar-refractivity contribution in [2.75, 3.05) is 0 Å². The van der Waals surface area contributed by atoms with Crippen molar-refractivity contribution >= 4 is 32.7 Å². The van der Waals surface area contributed by atoms with Gasteiger partial charge in [-0.15, -0.1) is 0 Å². The maximum absolute atomic E-state index is 2.59. The van der Waals surface area contributed by atoms with Gasteiger partial charge in [-0.2, -0.15) is 0 Å². The van der Waals surface area contributed by atoms with Crippen LogP contribution < -0.4 is 3.58 Å². The molecule has 0 amide bonds. The third kappa shape index (κ3) is 5.00. The summed E-state index contributed by atoms with van der Waals surface area (Å²) in [6.45, 7) is 9.28. The van der Waals surface area contributed by atoms with Gasteiger partial charge in [-0.1, -0.05) is 0 Å². The van der Waals surface area contributed by atoms with Gasteiger partial charge in [-0.3, -0.25) is 0 Å². The van der Waals surface area contributed by atoms with E-state index in [1.807, 2.05) is 0 Å². The van der Waals surface area contributed by atoms with E-state index >= 15 is 0 Å². The van der Waals surface area contributed by atoms with Gasteiger partial charge in [0.1, 0.15) is 0 Å². The summed E-state index contributed by atoms with van der Waals surface area (Å²) in [5.74, 6) is 0. The molecule has 0 saturated heterocycles. The molecule has 0 N–H and O–H groups in total. The number of fused-ring (bicyclic) bond motifs is 1. The first-order chi connectivity index (χ1) is 11.6.